The normalized spacial score (nSPS) is 44.8. The third-order valence-electron chi connectivity index (χ3n) is 4.76. The van der Waals surface area contributed by atoms with E-state index in [1.807, 2.05) is 0 Å². The molecular formula is C14H25NO2S. The van der Waals surface area contributed by atoms with E-state index >= 15 is 0 Å². The van der Waals surface area contributed by atoms with Crippen LogP contribution in [0.5, 0.6) is 0 Å². The lowest BCUT2D eigenvalue weighted by molar-refractivity contribution is -0.0705. The maximum atomic E-state index is 6.06. The summed E-state index contributed by atoms with van der Waals surface area (Å²) in [4.78, 5) is 0. The minimum absolute atomic E-state index is 0.207. The molecular weight excluding hydrogens is 246 g/mol. The van der Waals surface area contributed by atoms with Crippen LogP contribution in [0.4, 0.5) is 0 Å². The van der Waals surface area contributed by atoms with Crippen molar-refractivity contribution in [2.45, 2.75) is 50.4 Å². The maximum Gasteiger partial charge on any atom is 0.0795 e. The van der Waals surface area contributed by atoms with Crippen LogP contribution in [0.2, 0.25) is 0 Å². The fraction of sp³-hybridized carbons (Fsp3) is 1.00. The second-order valence-corrected chi connectivity index (χ2v) is 7.16. The van der Waals surface area contributed by atoms with E-state index in [4.69, 9.17) is 9.47 Å². The lowest BCUT2D eigenvalue weighted by Gasteiger charge is -2.38. The van der Waals surface area contributed by atoms with Crippen LogP contribution < -0.4 is 5.32 Å². The van der Waals surface area contributed by atoms with Crippen molar-refractivity contribution in [3.8, 4) is 0 Å². The summed E-state index contributed by atoms with van der Waals surface area (Å²) in [5, 5.41) is 3.78. The predicted molar refractivity (Wildman–Crippen MR) is 75.2 cm³/mol. The standard InChI is InChI=1S/C14H25NO2S/c1-11-12(2-5-16-11)9-15-13-3-6-17-14(8-13)4-7-18-10-14/h11-13,15H,2-10H2,1H3. The number of hydrogen-bond donors (Lipinski definition) is 1. The highest BCUT2D eigenvalue weighted by atomic mass is 32.2. The number of thioether (sulfide) groups is 1. The molecule has 0 bridgehead atoms. The molecule has 0 aromatic rings. The third-order valence-corrected chi connectivity index (χ3v) is 5.99. The first-order valence-corrected chi connectivity index (χ1v) is 8.50. The van der Waals surface area contributed by atoms with Gasteiger partial charge in [0.25, 0.3) is 0 Å². The van der Waals surface area contributed by atoms with Crippen molar-refractivity contribution in [1.29, 1.82) is 0 Å². The zero-order valence-corrected chi connectivity index (χ0v) is 12.1. The van der Waals surface area contributed by atoms with Gasteiger partial charge in [0.05, 0.1) is 11.7 Å². The molecule has 0 aliphatic carbocycles. The molecule has 0 aromatic heterocycles. The zero-order chi connectivity index (χ0) is 12.4. The molecule has 3 fully saturated rings. The van der Waals surface area contributed by atoms with Gasteiger partial charge in [0.15, 0.2) is 0 Å². The average molecular weight is 271 g/mol. The lowest BCUT2D eigenvalue weighted by atomic mass is 9.89. The molecule has 0 saturated carbocycles. The molecule has 0 amide bonds. The lowest BCUT2D eigenvalue weighted by Crippen LogP contribution is -2.48. The molecule has 104 valence electrons. The summed E-state index contributed by atoms with van der Waals surface area (Å²) in [6, 6.07) is 0.658. The first kappa shape index (κ1) is 13.2. The van der Waals surface area contributed by atoms with E-state index in [1.54, 1.807) is 0 Å². The fourth-order valence-electron chi connectivity index (χ4n) is 3.43. The molecule has 0 aromatic carbocycles. The third kappa shape index (κ3) is 2.87. The summed E-state index contributed by atoms with van der Waals surface area (Å²) >= 11 is 2.05. The van der Waals surface area contributed by atoms with Crippen molar-refractivity contribution >= 4 is 11.8 Å². The van der Waals surface area contributed by atoms with Gasteiger partial charge in [-0.05, 0) is 44.3 Å². The molecule has 3 rings (SSSR count). The molecule has 3 saturated heterocycles. The Labute approximate surface area is 114 Å². The highest BCUT2D eigenvalue weighted by Gasteiger charge is 2.40. The summed E-state index contributed by atoms with van der Waals surface area (Å²) in [6.45, 7) is 5.21. The van der Waals surface area contributed by atoms with E-state index in [9.17, 15) is 0 Å². The van der Waals surface area contributed by atoms with Gasteiger partial charge >= 0.3 is 0 Å². The smallest absolute Gasteiger partial charge is 0.0795 e. The van der Waals surface area contributed by atoms with Crippen LogP contribution >= 0.6 is 11.8 Å². The van der Waals surface area contributed by atoms with E-state index in [2.05, 4.69) is 24.0 Å². The van der Waals surface area contributed by atoms with Gasteiger partial charge in [0.1, 0.15) is 0 Å². The summed E-state index contributed by atoms with van der Waals surface area (Å²) in [5.74, 6) is 3.19. The van der Waals surface area contributed by atoms with Crippen LogP contribution in [-0.4, -0.2) is 49.0 Å². The van der Waals surface area contributed by atoms with Crippen molar-refractivity contribution in [3.05, 3.63) is 0 Å². The predicted octanol–water partition coefficient (Wildman–Crippen LogP) is 2.06. The van der Waals surface area contributed by atoms with Crippen LogP contribution in [0.3, 0.4) is 0 Å². The van der Waals surface area contributed by atoms with Crippen molar-refractivity contribution < 1.29 is 9.47 Å². The Morgan fingerprint density at radius 2 is 2.28 bits per heavy atom. The maximum absolute atomic E-state index is 6.06. The Hall–Kier alpha value is 0.230. The quantitative estimate of drug-likeness (QED) is 0.851. The van der Waals surface area contributed by atoms with Crippen molar-refractivity contribution in [1.82, 2.24) is 5.32 Å². The molecule has 3 aliphatic heterocycles. The van der Waals surface area contributed by atoms with Crippen molar-refractivity contribution in [2.75, 3.05) is 31.3 Å². The van der Waals surface area contributed by atoms with Gasteiger partial charge in [0.2, 0.25) is 0 Å². The number of ether oxygens (including phenoxy) is 2. The van der Waals surface area contributed by atoms with E-state index < -0.39 is 0 Å². The summed E-state index contributed by atoms with van der Waals surface area (Å²) in [5.41, 5.74) is 0.207. The minimum atomic E-state index is 0.207. The highest BCUT2D eigenvalue weighted by molar-refractivity contribution is 7.99. The van der Waals surface area contributed by atoms with Gasteiger partial charge in [-0.15, -0.1) is 0 Å². The van der Waals surface area contributed by atoms with Crippen LogP contribution in [0.15, 0.2) is 0 Å². The van der Waals surface area contributed by atoms with E-state index in [0.717, 1.165) is 19.8 Å². The molecule has 0 radical (unpaired) electrons. The van der Waals surface area contributed by atoms with Gasteiger partial charge in [0, 0.05) is 31.6 Å². The Balaban J connectivity index is 1.47. The Morgan fingerprint density at radius 3 is 3.00 bits per heavy atom. The van der Waals surface area contributed by atoms with Crippen LogP contribution in [0.1, 0.15) is 32.6 Å². The summed E-state index contributed by atoms with van der Waals surface area (Å²) in [7, 11) is 0. The molecule has 18 heavy (non-hydrogen) atoms. The second kappa shape index (κ2) is 5.70. The van der Waals surface area contributed by atoms with Crippen LogP contribution in [0, 0.1) is 5.92 Å². The first-order chi connectivity index (χ1) is 8.77. The fourth-order valence-corrected chi connectivity index (χ4v) is 4.81. The molecule has 3 aliphatic rings. The molecule has 3 nitrogen and oxygen atoms in total. The second-order valence-electron chi connectivity index (χ2n) is 6.06. The molecule has 1 spiro atoms. The zero-order valence-electron chi connectivity index (χ0n) is 11.3. The first-order valence-electron chi connectivity index (χ1n) is 7.34. The Kier molecular flexibility index (Phi) is 4.18. The Morgan fingerprint density at radius 1 is 1.33 bits per heavy atom. The summed E-state index contributed by atoms with van der Waals surface area (Å²) < 4.78 is 11.7. The molecule has 4 atom stereocenters. The monoisotopic (exact) mass is 271 g/mol. The van der Waals surface area contributed by atoms with Gasteiger partial charge in [-0.2, -0.15) is 11.8 Å². The van der Waals surface area contributed by atoms with Gasteiger partial charge in [-0.1, -0.05) is 0 Å². The van der Waals surface area contributed by atoms with E-state index in [-0.39, 0.29) is 5.60 Å². The molecule has 4 heteroatoms. The summed E-state index contributed by atoms with van der Waals surface area (Å²) in [6.07, 6.45) is 5.29. The van der Waals surface area contributed by atoms with Crippen molar-refractivity contribution in [2.24, 2.45) is 5.92 Å². The van der Waals surface area contributed by atoms with Gasteiger partial charge in [-0.25, -0.2) is 0 Å². The van der Waals surface area contributed by atoms with Crippen LogP contribution in [0.25, 0.3) is 0 Å². The highest BCUT2D eigenvalue weighted by Crippen LogP contribution is 2.38. The van der Waals surface area contributed by atoms with E-state index in [0.29, 0.717) is 18.1 Å². The largest absolute Gasteiger partial charge is 0.378 e. The van der Waals surface area contributed by atoms with E-state index in [1.165, 1.54) is 37.2 Å². The number of nitrogens with one attached hydrogen (secondary N) is 1. The topological polar surface area (TPSA) is 30.5 Å². The van der Waals surface area contributed by atoms with Gasteiger partial charge in [-0.3, -0.25) is 0 Å². The molecule has 3 heterocycles. The van der Waals surface area contributed by atoms with Crippen LogP contribution in [-0.2, 0) is 9.47 Å². The molecule has 1 N–H and O–H groups in total. The molecule has 4 unspecified atom stereocenters. The SMILES string of the molecule is CC1OCCC1CNC1CCOC2(CCSC2)C1. The Bertz CT molecular complexity index is 281. The number of rotatable bonds is 3. The van der Waals surface area contributed by atoms with Gasteiger partial charge < -0.3 is 14.8 Å². The van der Waals surface area contributed by atoms with Crippen molar-refractivity contribution in [3.63, 3.8) is 0 Å². The minimum Gasteiger partial charge on any atom is -0.378 e. The average Bonchev–Trinajstić information content (AvgIpc) is 2.97. The number of hydrogen-bond acceptors (Lipinski definition) is 4.